The third-order valence-electron chi connectivity index (χ3n) is 1.84. The van der Waals surface area contributed by atoms with Gasteiger partial charge in [0.15, 0.2) is 0 Å². The summed E-state index contributed by atoms with van der Waals surface area (Å²) < 4.78 is 4.96. The summed E-state index contributed by atoms with van der Waals surface area (Å²) in [7, 11) is 1.72. The SMILES string of the molecule is COCCCCCN=C(NN)NC(C)C. The third-order valence-corrected chi connectivity index (χ3v) is 1.84. The molecule has 0 aliphatic rings. The van der Waals surface area contributed by atoms with E-state index in [4.69, 9.17) is 10.6 Å². The zero-order valence-corrected chi connectivity index (χ0v) is 10.0. The van der Waals surface area contributed by atoms with Gasteiger partial charge in [0.1, 0.15) is 0 Å². The van der Waals surface area contributed by atoms with Crippen molar-refractivity contribution < 1.29 is 4.74 Å². The van der Waals surface area contributed by atoms with Crippen LogP contribution >= 0.6 is 0 Å². The number of guanidine groups is 1. The van der Waals surface area contributed by atoms with Crippen LogP contribution in [0.1, 0.15) is 33.1 Å². The summed E-state index contributed by atoms with van der Waals surface area (Å²) in [6.07, 6.45) is 3.29. The number of ether oxygens (including phenoxy) is 1. The maximum absolute atomic E-state index is 5.32. The Morgan fingerprint density at radius 3 is 2.60 bits per heavy atom. The van der Waals surface area contributed by atoms with Gasteiger partial charge in [-0.1, -0.05) is 0 Å². The van der Waals surface area contributed by atoms with Crippen LogP contribution in [0, 0.1) is 0 Å². The molecular formula is C10H24N4O. The van der Waals surface area contributed by atoms with Gasteiger partial charge in [-0.3, -0.25) is 10.4 Å². The maximum atomic E-state index is 5.32. The molecule has 0 saturated heterocycles. The van der Waals surface area contributed by atoms with Crippen LogP contribution in [-0.2, 0) is 4.74 Å². The number of nitrogens with one attached hydrogen (secondary N) is 2. The second-order valence-electron chi connectivity index (χ2n) is 3.73. The van der Waals surface area contributed by atoms with E-state index >= 15 is 0 Å². The molecule has 0 fully saturated rings. The van der Waals surface area contributed by atoms with Gasteiger partial charge in [-0.25, -0.2) is 5.84 Å². The minimum atomic E-state index is 0.341. The lowest BCUT2D eigenvalue weighted by Crippen LogP contribution is -2.44. The van der Waals surface area contributed by atoms with Gasteiger partial charge in [0.2, 0.25) is 5.96 Å². The first-order valence-corrected chi connectivity index (χ1v) is 5.47. The van der Waals surface area contributed by atoms with Gasteiger partial charge in [-0.15, -0.1) is 0 Å². The van der Waals surface area contributed by atoms with Crippen molar-refractivity contribution in [3.8, 4) is 0 Å². The summed E-state index contributed by atoms with van der Waals surface area (Å²) in [4.78, 5) is 4.31. The fraction of sp³-hybridized carbons (Fsp3) is 0.900. The average Bonchev–Trinajstić information content (AvgIpc) is 2.20. The van der Waals surface area contributed by atoms with Crippen molar-refractivity contribution in [2.24, 2.45) is 10.8 Å². The summed E-state index contributed by atoms with van der Waals surface area (Å²) in [5.74, 6) is 5.98. The van der Waals surface area contributed by atoms with Gasteiger partial charge in [0.05, 0.1) is 0 Å². The van der Waals surface area contributed by atoms with Crippen LogP contribution in [-0.4, -0.2) is 32.3 Å². The average molecular weight is 216 g/mol. The molecule has 0 heterocycles. The van der Waals surface area contributed by atoms with Crippen LogP contribution in [0.2, 0.25) is 0 Å². The Hall–Kier alpha value is -0.810. The third kappa shape index (κ3) is 9.49. The molecule has 90 valence electrons. The Morgan fingerprint density at radius 2 is 2.07 bits per heavy atom. The van der Waals surface area contributed by atoms with Gasteiger partial charge in [-0.2, -0.15) is 0 Å². The minimum Gasteiger partial charge on any atom is -0.385 e. The highest BCUT2D eigenvalue weighted by molar-refractivity contribution is 5.79. The Bertz CT molecular complexity index is 171. The zero-order chi connectivity index (χ0) is 11.5. The quantitative estimate of drug-likeness (QED) is 0.192. The summed E-state index contributed by atoms with van der Waals surface area (Å²) in [5.41, 5.74) is 2.55. The highest BCUT2D eigenvalue weighted by Crippen LogP contribution is 1.95. The molecule has 0 radical (unpaired) electrons. The van der Waals surface area contributed by atoms with E-state index in [1.165, 1.54) is 0 Å². The smallest absolute Gasteiger partial charge is 0.205 e. The standard InChI is InChI=1S/C10H24N4O/c1-9(2)13-10(14-11)12-7-5-4-6-8-15-3/h9H,4-8,11H2,1-3H3,(H2,12,13,14). The van der Waals surface area contributed by atoms with Crippen molar-refractivity contribution in [1.29, 1.82) is 0 Å². The van der Waals surface area contributed by atoms with Crippen molar-refractivity contribution in [3.63, 3.8) is 0 Å². The van der Waals surface area contributed by atoms with E-state index in [-0.39, 0.29) is 0 Å². The Kier molecular flexibility index (Phi) is 9.21. The minimum absolute atomic E-state index is 0.341. The number of aliphatic imine (C=N–C) groups is 1. The molecule has 4 N–H and O–H groups in total. The Morgan fingerprint density at radius 1 is 1.33 bits per heavy atom. The van der Waals surface area contributed by atoms with E-state index in [0.717, 1.165) is 32.4 Å². The second-order valence-corrected chi connectivity index (χ2v) is 3.73. The van der Waals surface area contributed by atoms with E-state index < -0.39 is 0 Å². The van der Waals surface area contributed by atoms with Crippen LogP contribution in [0.3, 0.4) is 0 Å². The molecule has 0 aliphatic carbocycles. The number of hydrazine groups is 1. The van der Waals surface area contributed by atoms with Crippen molar-refractivity contribution in [2.45, 2.75) is 39.2 Å². The van der Waals surface area contributed by atoms with Gasteiger partial charge < -0.3 is 10.1 Å². The highest BCUT2D eigenvalue weighted by atomic mass is 16.5. The van der Waals surface area contributed by atoms with Crippen LogP contribution in [0.15, 0.2) is 4.99 Å². The van der Waals surface area contributed by atoms with E-state index in [1.807, 2.05) is 13.8 Å². The molecule has 0 amide bonds. The number of rotatable bonds is 7. The lowest BCUT2D eigenvalue weighted by molar-refractivity contribution is 0.192. The molecule has 15 heavy (non-hydrogen) atoms. The molecule has 0 atom stereocenters. The molecule has 0 saturated carbocycles. The first-order valence-electron chi connectivity index (χ1n) is 5.47. The second kappa shape index (κ2) is 9.73. The highest BCUT2D eigenvalue weighted by Gasteiger charge is 1.97. The molecule has 0 aromatic carbocycles. The van der Waals surface area contributed by atoms with Crippen molar-refractivity contribution in [2.75, 3.05) is 20.3 Å². The predicted molar refractivity (Wildman–Crippen MR) is 63.6 cm³/mol. The van der Waals surface area contributed by atoms with Crippen LogP contribution < -0.4 is 16.6 Å². The lowest BCUT2D eigenvalue weighted by atomic mass is 10.2. The first-order chi connectivity index (χ1) is 7.20. The Balaban J connectivity index is 3.53. The first kappa shape index (κ1) is 14.2. The summed E-state index contributed by atoms with van der Waals surface area (Å²) in [5, 5.41) is 3.12. The van der Waals surface area contributed by atoms with E-state index in [0.29, 0.717) is 12.0 Å². The fourth-order valence-electron chi connectivity index (χ4n) is 1.13. The number of nitrogens with zero attached hydrogens (tertiary/aromatic N) is 1. The predicted octanol–water partition coefficient (Wildman–Crippen LogP) is 0.620. The van der Waals surface area contributed by atoms with Crippen molar-refractivity contribution in [1.82, 2.24) is 10.7 Å². The maximum Gasteiger partial charge on any atom is 0.205 e. The zero-order valence-electron chi connectivity index (χ0n) is 10.0. The molecule has 0 rings (SSSR count). The van der Waals surface area contributed by atoms with Crippen molar-refractivity contribution in [3.05, 3.63) is 0 Å². The lowest BCUT2D eigenvalue weighted by Gasteiger charge is -2.11. The molecule has 0 bridgehead atoms. The van der Waals surface area contributed by atoms with E-state index in [1.54, 1.807) is 7.11 Å². The van der Waals surface area contributed by atoms with Gasteiger partial charge in [0.25, 0.3) is 0 Å². The summed E-state index contributed by atoms with van der Waals surface area (Å²) in [6, 6.07) is 0.341. The number of methoxy groups -OCH3 is 1. The van der Waals surface area contributed by atoms with Gasteiger partial charge in [0, 0.05) is 26.3 Å². The van der Waals surface area contributed by atoms with E-state index in [9.17, 15) is 0 Å². The largest absolute Gasteiger partial charge is 0.385 e. The Labute approximate surface area is 92.4 Å². The topological polar surface area (TPSA) is 71.7 Å². The molecule has 0 aliphatic heterocycles. The number of unbranched alkanes of at least 4 members (excludes halogenated alkanes) is 2. The molecule has 0 aromatic rings. The van der Waals surface area contributed by atoms with Crippen LogP contribution in [0.5, 0.6) is 0 Å². The normalized spacial score (nSPS) is 11.9. The van der Waals surface area contributed by atoms with Crippen LogP contribution in [0.4, 0.5) is 0 Å². The summed E-state index contributed by atoms with van der Waals surface area (Å²) >= 11 is 0. The number of nitrogens with two attached hydrogens (primary N) is 1. The molecule has 5 heteroatoms. The summed E-state index contributed by atoms with van der Waals surface area (Å²) in [6.45, 7) is 5.72. The molecule has 0 spiro atoms. The molecule has 0 aromatic heterocycles. The number of hydrogen-bond donors (Lipinski definition) is 3. The molecular weight excluding hydrogens is 192 g/mol. The fourth-order valence-corrected chi connectivity index (χ4v) is 1.13. The monoisotopic (exact) mass is 216 g/mol. The molecule has 0 unspecified atom stereocenters. The van der Waals surface area contributed by atoms with Gasteiger partial charge in [-0.05, 0) is 33.1 Å². The van der Waals surface area contributed by atoms with Gasteiger partial charge >= 0.3 is 0 Å². The van der Waals surface area contributed by atoms with Crippen molar-refractivity contribution >= 4 is 5.96 Å². The molecule has 5 nitrogen and oxygen atoms in total. The number of hydrogen-bond acceptors (Lipinski definition) is 3. The van der Waals surface area contributed by atoms with E-state index in [2.05, 4.69) is 15.7 Å². The van der Waals surface area contributed by atoms with Crippen LogP contribution in [0.25, 0.3) is 0 Å².